The summed E-state index contributed by atoms with van der Waals surface area (Å²) in [6.45, 7) is 2.23. The van der Waals surface area contributed by atoms with E-state index in [0.717, 1.165) is 5.75 Å². The number of amides is 2. The fourth-order valence-electron chi connectivity index (χ4n) is 19.7. The summed E-state index contributed by atoms with van der Waals surface area (Å²) in [5.74, 6) is 7.52. The van der Waals surface area contributed by atoms with Gasteiger partial charge in [-0.3, -0.25) is 9.68 Å². The summed E-state index contributed by atoms with van der Waals surface area (Å²) in [6, 6.07) is 161. The Morgan fingerprint density at radius 3 is 0.552 bits per heavy atom. The molecule has 0 spiro atoms. The normalized spacial score (nSPS) is 12.3. The van der Waals surface area contributed by atoms with Crippen LogP contribution in [0.15, 0.2) is 467 Å². The maximum atomic E-state index is 12.6. The molecule has 4 aliphatic carbocycles. The van der Waals surface area contributed by atoms with Crippen LogP contribution in [0.1, 0.15) is 126 Å². The van der Waals surface area contributed by atoms with Crippen molar-refractivity contribution < 1.29 is 52.6 Å². The molecule has 17 aromatic rings. The second-order valence-electron chi connectivity index (χ2n) is 33.9. The number of rotatable bonds is 31. The van der Waals surface area contributed by atoms with Crippen LogP contribution in [0, 0.1) is 0 Å². The van der Waals surface area contributed by atoms with Gasteiger partial charge in [0.25, 0.3) is 0 Å². The van der Waals surface area contributed by atoms with Crippen molar-refractivity contribution in [2.75, 3.05) is 63.5 Å². The molecule has 4 aliphatic rings. The average molecular weight is 1980 g/mol. The van der Waals surface area contributed by atoms with Crippen molar-refractivity contribution in [3.05, 3.63) is 562 Å². The van der Waals surface area contributed by atoms with Gasteiger partial charge in [0.05, 0.1) is 34.1 Å². The third-order valence-corrected chi connectivity index (χ3v) is 30.6. The molecule has 143 heavy (non-hydrogen) atoms. The van der Waals surface area contributed by atoms with E-state index in [1.807, 2.05) is 145 Å². The number of carbonyl (C=O) groups is 4. The summed E-state index contributed by atoms with van der Waals surface area (Å²) in [4.78, 5) is 62.7. The molecular weight excluding hydrogens is 1870 g/mol. The van der Waals surface area contributed by atoms with Crippen LogP contribution in [-0.4, -0.2) is 86.6 Å². The maximum absolute atomic E-state index is 12.6. The zero-order valence-electron chi connectivity index (χ0n) is 77.9. The van der Waals surface area contributed by atoms with Crippen LogP contribution >= 0.6 is 58.5 Å². The Balaban J connectivity index is 0.000000134. The molecule has 17 aromatic carbocycles. The quantitative estimate of drug-likeness (QED) is 0.0123. The van der Waals surface area contributed by atoms with E-state index in [9.17, 15) is 19.2 Å². The molecule has 0 aromatic heterocycles. The molecule has 14 nitrogen and oxygen atoms in total. The lowest BCUT2D eigenvalue weighted by molar-refractivity contribution is 0.0346. The van der Waals surface area contributed by atoms with E-state index in [1.165, 1.54) is 139 Å². The van der Waals surface area contributed by atoms with E-state index in [-0.39, 0.29) is 62.3 Å². The van der Waals surface area contributed by atoms with Gasteiger partial charge in [-0.1, -0.05) is 475 Å². The first-order chi connectivity index (χ1) is 70.0. The molecule has 2 amide bonds. The number of hydrogen-bond acceptors (Lipinski definition) is 15. The standard InChI is InChI=1S/2C36H31NO3S.C21H21NOS.2C15H11ClO2.CH4/c2*38-35(39-26-34-32-22-12-10-20-30(32)31-21-11-13-23-33(31)34)37-40-24-25-41-36(27-14-4-1-5-15-27,28-16-6-2-7-17-28)29-18-8-3-9-19-29;22-23-16-17-24-21(18-10-4-1-5-11-18,19-12-6-2-7-13-19)20-14-8-3-9-15-20;2*16-15(17)18-9-14-12-7-3-1-5-10(12)11-6-2-4-8-13(11)14;/h2*1-23,34H,24-26H2,(H,37,38);1-15H,16-17,22H2;2*1-8,14H,9H2;1H4. The van der Waals surface area contributed by atoms with Crippen LogP contribution < -0.4 is 16.9 Å². The molecule has 19 heteroatoms. The molecule has 0 aliphatic heterocycles. The number of carbonyl (C=O) groups excluding carboxylic acids is 4. The van der Waals surface area contributed by atoms with Crippen molar-refractivity contribution in [2.45, 2.75) is 45.3 Å². The van der Waals surface area contributed by atoms with E-state index < -0.39 is 32.5 Å². The number of fused-ring (bicyclic) bond motifs is 12. The van der Waals surface area contributed by atoms with Crippen LogP contribution in [0.25, 0.3) is 44.5 Å². The number of thioether (sulfide) groups is 3. The van der Waals surface area contributed by atoms with Gasteiger partial charge in [-0.15, -0.1) is 35.3 Å². The van der Waals surface area contributed by atoms with E-state index >= 15 is 0 Å². The van der Waals surface area contributed by atoms with Gasteiger partial charge in [0.1, 0.15) is 26.4 Å². The third kappa shape index (κ3) is 23.7. The van der Waals surface area contributed by atoms with Crippen LogP contribution in [0.5, 0.6) is 0 Å². The first-order valence-electron chi connectivity index (χ1n) is 47.2. The monoisotopic (exact) mass is 1980 g/mol. The number of nitrogens with two attached hydrogens (primary N) is 1. The number of benzene rings is 17. The molecule has 0 unspecified atom stereocenters. The van der Waals surface area contributed by atoms with Gasteiger partial charge in [0.15, 0.2) is 0 Å². The minimum absolute atomic E-state index is 0. The number of hydroxylamine groups is 2. The van der Waals surface area contributed by atoms with E-state index in [0.29, 0.717) is 31.3 Å². The van der Waals surface area contributed by atoms with Crippen molar-refractivity contribution in [1.82, 2.24) is 11.0 Å². The summed E-state index contributed by atoms with van der Waals surface area (Å²) >= 11 is 15.9. The molecule has 0 fully saturated rings. The van der Waals surface area contributed by atoms with Crippen molar-refractivity contribution in [3.8, 4) is 44.5 Å². The van der Waals surface area contributed by atoms with Crippen molar-refractivity contribution in [3.63, 3.8) is 0 Å². The SMILES string of the molecule is C.NOCCSC(c1ccccc1)(c1ccccc1)c1ccccc1.O=C(Cl)OCC1c2ccccc2-c2ccccc21.O=C(Cl)OCC1c2ccccc2-c2ccccc21.O=C(NOCCSC(c1ccccc1)(c1ccccc1)c1ccccc1)OCC1c2ccccc2-c2ccccc21.O=C(NOCCSC(c1ccccc1)(c1ccccc1)c1ccccc1)OCC1c2ccccc2-c2ccccc21. The highest BCUT2D eigenvalue weighted by Gasteiger charge is 2.41. The lowest BCUT2D eigenvalue weighted by atomic mass is 9.84. The molecule has 0 saturated heterocycles. The van der Waals surface area contributed by atoms with Gasteiger partial charge in [0, 0.05) is 64.1 Å². The molecule has 718 valence electrons. The Kier molecular flexibility index (Phi) is 35.8. The first kappa shape index (κ1) is 102. The minimum atomic E-state index is -0.753. The topological polar surface area (TPSA) is 183 Å². The molecule has 0 saturated carbocycles. The Hall–Kier alpha value is -14.3. The molecule has 0 heterocycles. The number of nitrogens with one attached hydrogen (secondary N) is 2. The van der Waals surface area contributed by atoms with Crippen molar-refractivity contribution in [1.29, 1.82) is 0 Å². The molecule has 0 bridgehead atoms. The van der Waals surface area contributed by atoms with Crippen molar-refractivity contribution >= 4 is 81.5 Å². The first-order valence-corrected chi connectivity index (χ1v) is 50.9. The molecule has 0 radical (unpaired) electrons. The predicted molar refractivity (Wildman–Crippen MR) is 582 cm³/mol. The summed E-state index contributed by atoms with van der Waals surface area (Å²) < 4.78 is 20.0. The van der Waals surface area contributed by atoms with E-state index in [2.05, 4.69) is 345 Å². The van der Waals surface area contributed by atoms with Crippen LogP contribution in [0.3, 0.4) is 0 Å². The van der Waals surface area contributed by atoms with Gasteiger partial charge in [0.2, 0.25) is 0 Å². The Morgan fingerprint density at radius 2 is 0.385 bits per heavy atom. The summed E-state index contributed by atoms with van der Waals surface area (Å²) in [7, 11) is 0. The van der Waals surface area contributed by atoms with Gasteiger partial charge in [-0.05, 0) is 139 Å². The summed E-state index contributed by atoms with van der Waals surface area (Å²) in [6.07, 6.45) is -1.17. The largest absolute Gasteiger partial charge is 0.453 e. The number of ether oxygens (including phenoxy) is 4. The zero-order valence-corrected chi connectivity index (χ0v) is 81.8. The van der Waals surface area contributed by atoms with Crippen LogP contribution in [0.2, 0.25) is 0 Å². The predicted octanol–water partition coefficient (Wildman–Crippen LogP) is 30.0. The molecule has 21 rings (SSSR count). The highest BCUT2D eigenvalue weighted by atomic mass is 35.5. The Labute approximate surface area is 859 Å². The summed E-state index contributed by atoms with van der Waals surface area (Å²) in [5, 5.41) is 0. The highest BCUT2D eigenvalue weighted by molar-refractivity contribution is 8.01. The molecular formula is C124H109Cl2N3O11S3. The second kappa shape index (κ2) is 50.4. The van der Waals surface area contributed by atoms with E-state index in [1.54, 1.807) is 23.5 Å². The van der Waals surface area contributed by atoms with Gasteiger partial charge in [-0.2, -0.15) is 11.0 Å². The third-order valence-electron chi connectivity index (χ3n) is 25.8. The average Bonchev–Trinajstić information content (AvgIpc) is 1.64. The fourth-order valence-corrected chi connectivity index (χ4v) is 24.0. The Morgan fingerprint density at radius 1 is 0.231 bits per heavy atom. The van der Waals surface area contributed by atoms with Gasteiger partial charge < -0.3 is 23.8 Å². The number of hydrogen-bond donors (Lipinski definition) is 3. The smallest absolute Gasteiger partial charge is 0.431 e. The highest BCUT2D eigenvalue weighted by Crippen LogP contribution is 2.54. The van der Waals surface area contributed by atoms with Crippen LogP contribution in [-0.2, 0) is 47.7 Å². The van der Waals surface area contributed by atoms with Crippen LogP contribution in [0.4, 0.5) is 19.2 Å². The lowest BCUT2D eigenvalue weighted by Crippen LogP contribution is -2.29. The fraction of sp³-hybridized carbons (Fsp3) is 0.145. The lowest BCUT2D eigenvalue weighted by Gasteiger charge is -2.35. The summed E-state index contributed by atoms with van der Waals surface area (Å²) in [5.41, 5.74) is 33.5. The molecule has 0 atom stereocenters. The van der Waals surface area contributed by atoms with Gasteiger partial charge in [-0.25, -0.2) is 25.1 Å². The Bertz CT molecular complexity index is 6170. The minimum Gasteiger partial charge on any atom is -0.453 e. The zero-order chi connectivity index (χ0) is 97.6. The molecule has 4 N–H and O–H groups in total. The maximum Gasteiger partial charge on any atom is 0.431 e. The van der Waals surface area contributed by atoms with Crippen molar-refractivity contribution in [2.24, 2.45) is 5.90 Å². The second-order valence-corrected chi connectivity index (χ2v) is 38.4. The number of halogens is 2. The van der Waals surface area contributed by atoms with E-state index in [4.69, 9.17) is 62.6 Å². The van der Waals surface area contributed by atoms with Gasteiger partial charge >= 0.3 is 23.0 Å².